The van der Waals surface area contributed by atoms with Gasteiger partial charge in [0.2, 0.25) is 0 Å². The number of carbonyl (C=O) groups is 1. The number of thioether (sulfide) groups is 1. The summed E-state index contributed by atoms with van der Waals surface area (Å²) in [5.74, 6) is 1.59. The quantitative estimate of drug-likeness (QED) is 0.475. The SMILES string of the molecule is O=C1NC(=Nc2ccccc2)C(=Cc2ccc(-c3ccc([N+](=O)[O-])cc3)o2)S1. The van der Waals surface area contributed by atoms with Gasteiger partial charge in [0, 0.05) is 17.7 Å². The highest BCUT2D eigenvalue weighted by Gasteiger charge is 2.24. The van der Waals surface area contributed by atoms with Gasteiger partial charge in [-0.1, -0.05) is 18.2 Å². The summed E-state index contributed by atoms with van der Waals surface area (Å²) in [5, 5.41) is 13.3. The summed E-state index contributed by atoms with van der Waals surface area (Å²) in [6.07, 6.45) is 1.74. The van der Waals surface area contributed by atoms with E-state index >= 15 is 0 Å². The van der Waals surface area contributed by atoms with Gasteiger partial charge in [0.05, 0.1) is 15.5 Å². The number of amidine groups is 1. The molecule has 2 heterocycles. The molecule has 0 spiro atoms. The largest absolute Gasteiger partial charge is 0.457 e. The number of hydrogen-bond acceptors (Lipinski definition) is 6. The second-order valence-electron chi connectivity index (χ2n) is 5.83. The minimum Gasteiger partial charge on any atom is -0.457 e. The van der Waals surface area contributed by atoms with E-state index < -0.39 is 4.92 Å². The maximum atomic E-state index is 11.8. The van der Waals surface area contributed by atoms with Crippen molar-refractivity contribution in [2.24, 2.45) is 4.99 Å². The van der Waals surface area contributed by atoms with Crippen LogP contribution >= 0.6 is 11.8 Å². The van der Waals surface area contributed by atoms with Crippen molar-refractivity contribution in [1.29, 1.82) is 0 Å². The van der Waals surface area contributed by atoms with E-state index in [2.05, 4.69) is 10.3 Å². The fourth-order valence-electron chi connectivity index (χ4n) is 2.61. The van der Waals surface area contributed by atoms with Gasteiger partial charge in [0.1, 0.15) is 17.4 Å². The highest BCUT2D eigenvalue weighted by atomic mass is 32.2. The number of rotatable bonds is 4. The summed E-state index contributed by atoms with van der Waals surface area (Å²) < 4.78 is 5.81. The van der Waals surface area contributed by atoms with Crippen molar-refractivity contribution in [3.05, 3.63) is 87.5 Å². The Labute approximate surface area is 163 Å². The van der Waals surface area contributed by atoms with Crippen molar-refractivity contribution in [2.45, 2.75) is 0 Å². The van der Waals surface area contributed by atoms with Crippen molar-refractivity contribution >= 4 is 40.3 Å². The van der Waals surface area contributed by atoms with Crippen LogP contribution in [0.5, 0.6) is 0 Å². The number of furan rings is 1. The highest BCUT2D eigenvalue weighted by Crippen LogP contribution is 2.30. The first-order chi connectivity index (χ1) is 13.6. The third kappa shape index (κ3) is 3.86. The van der Waals surface area contributed by atoms with Gasteiger partial charge >= 0.3 is 0 Å². The lowest BCUT2D eigenvalue weighted by atomic mass is 10.1. The smallest absolute Gasteiger partial charge is 0.289 e. The predicted molar refractivity (Wildman–Crippen MR) is 108 cm³/mol. The molecular weight excluding hydrogens is 378 g/mol. The summed E-state index contributed by atoms with van der Waals surface area (Å²) in [5.41, 5.74) is 1.48. The number of nitro benzene ring substituents is 1. The molecule has 0 aliphatic carbocycles. The summed E-state index contributed by atoms with van der Waals surface area (Å²) in [7, 11) is 0. The Morgan fingerprint density at radius 1 is 1.04 bits per heavy atom. The molecule has 0 atom stereocenters. The fourth-order valence-corrected chi connectivity index (χ4v) is 3.32. The van der Waals surface area contributed by atoms with Crippen LogP contribution in [-0.2, 0) is 0 Å². The molecule has 8 heteroatoms. The second-order valence-corrected chi connectivity index (χ2v) is 6.84. The van der Waals surface area contributed by atoms with E-state index in [0.717, 1.165) is 23.0 Å². The van der Waals surface area contributed by atoms with Crippen LogP contribution < -0.4 is 5.32 Å². The first-order valence-electron chi connectivity index (χ1n) is 8.28. The lowest BCUT2D eigenvalue weighted by Gasteiger charge is -1.99. The molecule has 1 aliphatic heterocycles. The van der Waals surface area contributed by atoms with Crippen LogP contribution in [0.1, 0.15) is 5.76 Å². The highest BCUT2D eigenvalue weighted by molar-refractivity contribution is 8.18. The fraction of sp³-hybridized carbons (Fsp3) is 0. The molecular formula is C20H13N3O4S. The molecule has 0 unspecified atom stereocenters. The predicted octanol–water partition coefficient (Wildman–Crippen LogP) is 5.38. The molecule has 1 saturated heterocycles. The molecule has 1 fully saturated rings. The van der Waals surface area contributed by atoms with Gasteiger partial charge in [-0.15, -0.1) is 0 Å². The molecule has 28 heavy (non-hydrogen) atoms. The van der Waals surface area contributed by atoms with E-state index in [0.29, 0.717) is 22.3 Å². The Kier molecular flexibility index (Phi) is 4.77. The van der Waals surface area contributed by atoms with Crippen LogP contribution in [0.4, 0.5) is 16.2 Å². The number of nitro groups is 1. The molecule has 1 amide bonds. The van der Waals surface area contributed by atoms with Crippen LogP contribution in [0.2, 0.25) is 0 Å². The molecule has 1 aliphatic rings. The van der Waals surface area contributed by atoms with E-state index in [-0.39, 0.29) is 10.9 Å². The van der Waals surface area contributed by atoms with Crippen molar-refractivity contribution in [3.8, 4) is 11.3 Å². The topological polar surface area (TPSA) is 97.7 Å². The van der Waals surface area contributed by atoms with Crippen molar-refractivity contribution < 1.29 is 14.1 Å². The molecule has 2 aromatic carbocycles. The number of non-ortho nitro benzene ring substituents is 1. The maximum Gasteiger partial charge on any atom is 0.289 e. The van der Waals surface area contributed by atoms with E-state index in [1.165, 1.54) is 12.1 Å². The molecule has 0 bridgehead atoms. The average molecular weight is 391 g/mol. The van der Waals surface area contributed by atoms with Crippen LogP contribution in [-0.4, -0.2) is 16.0 Å². The summed E-state index contributed by atoms with van der Waals surface area (Å²) in [4.78, 5) is 27.2. The average Bonchev–Trinajstić information content (AvgIpc) is 3.29. The molecule has 3 aromatic rings. The van der Waals surface area contributed by atoms with Gasteiger partial charge in [-0.2, -0.15) is 0 Å². The van der Waals surface area contributed by atoms with Crippen LogP contribution in [0.25, 0.3) is 17.4 Å². The number of carbonyl (C=O) groups excluding carboxylic acids is 1. The lowest BCUT2D eigenvalue weighted by Crippen LogP contribution is -2.18. The summed E-state index contributed by atoms with van der Waals surface area (Å²) in [6, 6.07) is 19.0. The van der Waals surface area contributed by atoms with E-state index in [9.17, 15) is 14.9 Å². The number of nitrogens with one attached hydrogen (secondary N) is 1. The normalized spacial score (nSPS) is 16.5. The molecule has 7 nitrogen and oxygen atoms in total. The first kappa shape index (κ1) is 17.7. The molecule has 1 N–H and O–H groups in total. The Balaban J connectivity index is 1.61. The van der Waals surface area contributed by atoms with Gasteiger partial charge < -0.3 is 9.73 Å². The van der Waals surface area contributed by atoms with Crippen LogP contribution in [0.3, 0.4) is 0 Å². The van der Waals surface area contributed by atoms with Gasteiger partial charge in [0.25, 0.3) is 10.9 Å². The Morgan fingerprint density at radius 3 is 2.50 bits per heavy atom. The zero-order valence-electron chi connectivity index (χ0n) is 14.4. The van der Waals surface area contributed by atoms with Crippen molar-refractivity contribution in [3.63, 3.8) is 0 Å². The minimum absolute atomic E-state index is 0.0198. The van der Waals surface area contributed by atoms with Gasteiger partial charge in [-0.05, 0) is 54.2 Å². The molecule has 0 saturated carbocycles. The Bertz CT molecular complexity index is 1100. The lowest BCUT2D eigenvalue weighted by molar-refractivity contribution is -0.384. The summed E-state index contributed by atoms with van der Waals surface area (Å²) >= 11 is 1.04. The van der Waals surface area contributed by atoms with E-state index in [1.54, 1.807) is 30.3 Å². The Morgan fingerprint density at radius 2 is 1.79 bits per heavy atom. The molecule has 0 radical (unpaired) electrons. The van der Waals surface area contributed by atoms with E-state index in [4.69, 9.17) is 4.42 Å². The van der Waals surface area contributed by atoms with Crippen molar-refractivity contribution in [1.82, 2.24) is 5.32 Å². The molecule has 4 rings (SSSR count). The van der Waals surface area contributed by atoms with Crippen molar-refractivity contribution in [2.75, 3.05) is 0 Å². The zero-order chi connectivity index (χ0) is 19.5. The maximum absolute atomic E-state index is 11.8. The number of nitrogens with zero attached hydrogens (tertiary/aromatic N) is 2. The summed E-state index contributed by atoms with van der Waals surface area (Å²) in [6.45, 7) is 0. The molecule has 1 aromatic heterocycles. The second kappa shape index (κ2) is 7.53. The Hall–Kier alpha value is -3.65. The zero-order valence-corrected chi connectivity index (χ0v) is 15.2. The standard InChI is InChI=1S/C20H13N3O4S/c24-20-22-19(21-14-4-2-1-3-5-14)18(28-20)12-16-10-11-17(27-16)13-6-8-15(9-7-13)23(25)26/h1-12H,(H,21,22,24). The van der Waals surface area contributed by atoms with Gasteiger partial charge in [0.15, 0.2) is 0 Å². The number of amides is 1. The number of para-hydroxylation sites is 1. The monoisotopic (exact) mass is 391 g/mol. The van der Waals surface area contributed by atoms with Gasteiger partial charge in [-0.3, -0.25) is 14.9 Å². The van der Waals surface area contributed by atoms with Crippen LogP contribution in [0.15, 0.2) is 81.0 Å². The number of aliphatic imine (C=N–C) groups is 1. The first-order valence-corrected chi connectivity index (χ1v) is 9.09. The number of hydrogen-bond donors (Lipinski definition) is 1. The minimum atomic E-state index is -0.448. The van der Waals surface area contributed by atoms with Crippen LogP contribution in [0, 0.1) is 10.1 Å². The number of benzene rings is 2. The van der Waals surface area contributed by atoms with Gasteiger partial charge in [-0.25, -0.2) is 4.99 Å². The molecule has 138 valence electrons. The van der Waals surface area contributed by atoms with E-state index in [1.807, 2.05) is 30.3 Å². The third-order valence-electron chi connectivity index (χ3n) is 3.92. The third-order valence-corrected chi connectivity index (χ3v) is 4.73.